The van der Waals surface area contributed by atoms with E-state index in [0.29, 0.717) is 21.8 Å². The van der Waals surface area contributed by atoms with Crippen molar-refractivity contribution in [3.05, 3.63) is 56.5 Å². The minimum absolute atomic E-state index is 0.0419. The normalized spacial score (nSPS) is 13.4. The van der Waals surface area contributed by atoms with Gasteiger partial charge in [0.05, 0.1) is 22.1 Å². The molecule has 1 aliphatic rings. The van der Waals surface area contributed by atoms with Gasteiger partial charge in [-0.2, -0.15) is 0 Å². The predicted molar refractivity (Wildman–Crippen MR) is 71.5 cm³/mol. The molecule has 0 saturated heterocycles. The zero-order valence-electron chi connectivity index (χ0n) is 9.82. The molecule has 0 N–H and O–H groups in total. The van der Waals surface area contributed by atoms with Gasteiger partial charge in [0.15, 0.2) is 0 Å². The number of amides is 1. The molecule has 4 nitrogen and oxygen atoms in total. The van der Waals surface area contributed by atoms with Crippen LogP contribution in [0.1, 0.15) is 11.3 Å². The van der Waals surface area contributed by atoms with Crippen LogP contribution in [0.15, 0.2) is 29.4 Å². The summed E-state index contributed by atoms with van der Waals surface area (Å²) in [7, 11) is 0. The molecular formula is C13H7Cl2N3O. The van der Waals surface area contributed by atoms with E-state index in [0.717, 1.165) is 5.56 Å². The molecule has 0 spiro atoms. The second-order valence-electron chi connectivity index (χ2n) is 4.15. The molecule has 1 aliphatic heterocycles. The summed E-state index contributed by atoms with van der Waals surface area (Å²) in [4.78, 5) is 23.8. The molecule has 0 fully saturated rings. The number of fused-ring (bicyclic) bond motifs is 1. The van der Waals surface area contributed by atoms with Crippen LogP contribution in [0.3, 0.4) is 0 Å². The summed E-state index contributed by atoms with van der Waals surface area (Å²) >= 11 is 11.8. The van der Waals surface area contributed by atoms with E-state index < -0.39 is 0 Å². The number of benzene rings is 1. The van der Waals surface area contributed by atoms with Crippen molar-refractivity contribution >= 4 is 34.7 Å². The van der Waals surface area contributed by atoms with Crippen LogP contribution in [-0.4, -0.2) is 15.9 Å². The smallest absolute Gasteiger partial charge is 0.267 e. The van der Waals surface area contributed by atoms with Crippen molar-refractivity contribution in [2.24, 2.45) is 4.99 Å². The van der Waals surface area contributed by atoms with Gasteiger partial charge in [-0.15, -0.1) is 0 Å². The van der Waals surface area contributed by atoms with Crippen molar-refractivity contribution in [3.8, 4) is 0 Å². The maximum Gasteiger partial charge on any atom is 0.280 e. The molecule has 0 aliphatic carbocycles. The maximum absolute atomic E-state index is 12.0. The zero-order valence-corrected chi connectivity index (χ0v) is 11.3. The average Bonchev–Trinajstić information content (AvgIpc) is 2.67. The maximum atomic E-state index is 12.0. The van der Waals surface area contributed by atoms with Crippen LogP contribution < -0.4 is 10.6 Å². The van der Waals surface area contributed by atoms with Gasteiger partial charge >= 0.3 is 0 Å². The van der Waals surface area contributed by atoms with Crippen LogP contribution in [0.2, 0.25) is 10.3 Å². The van der Waals surface area contributed by atoms with Crippen molar-refractivity contribution in [2.45, 2.75) is 6.92 Å². The van der Waals surface area contributed by atoms with E-state index in [2.05, 4.69) is 15.0 Å². The lowest BCUT2D eigenvalue weighted by Crippen LogP contribution is -2.23. The van der Waals surface area contributed by atoms with Gasteiger partial charge in [-0.3, -0.25) is 4.79 Å². The number of aromatic nitrogens is 2. The highest BCUT2D eigenvalue weighted by atomic mass is 35.5. The fraction of sp³-hybridized carbons (Fsp3) is 0.0769. The Morgan fingerprint density at radius 3 is 2.79 bits per heavy atom. The Bertz CT molecular complexity index is 830. The number of hydrogen-bond acceptors (Lipinski definition) is 3. The monoisotopic (exact) mass is 291 g/mol. The van der Waals surface area contributed by atoms with Crippen LogP contribution >= 0.6 is 23.2 Å². The summed E-state index contributed by atoms with van der Waals surface area (Å²) in [5.74, 6) is -0.364. The lowest BCUT2D eigenvalue weighted by Gasteiger charge is -2.02. The number of hydrogen-bond donors (Lipinski definition) is 0. The Morgan fingerprint density at radius 1 is 1.21 bits per heavy atom. The number of rotatable bonds is 1. The van der Waals surface area contributed by atoms with Crippen molar-refractivity contribution in [1.29, 1.82) is 0 Å². The van der Waals surface area contributed by atoms with E-state index in [1.54, 1.807) is 0 Å². The molecule has 2 aromatic rings. The lowest BCUT2D eigenvalue weighted by atomic mass is 10.1. The van der Waals surface area contributed by atoms with Crippen molar-refractivity contribution in [3.63, 3.8) is 0 Å². The van der Waals surface area contributed by atoms with E-state index in [1.165, 1.54) is 6.20 Å². The van der Waals surface area contributed by atoms with E-state index in [4.69, 9.17) is 23.2 Å². The first-order valence-electron chi connectivity index (χ1n) is 5.49. The predicted octanol–water partition coefficient (Wildman–Crippen LogP) is 1.45. The standard InChI is InChI=1S/C13H7Cl2N3O/c1-6-2-3-7-9(4-6)17-12(19)10(7)11-8(14)5-16-13(15)18-11/h2-5H,1H3. The van der Waals surface area contributed by atoms with Crippen LogP contribution in [0, 0.1) is 6.92 Å². The van der Waals surface area contributed by atoms with Gasteiger partial charge in [0.25, 0.3) is 5.91 Å². The molecule has 0 saturated carbocycles. The first-order valence-corrected chi connectivity index (χ1v) is 6.24. The molecule has 1 amide bonds. The highest BCUT2D eigenvalue weighted by Crippen LogP contribution is 2.22. The fourth-order valence-electron chi connectivity index (χ4n) is 1.98. The molecule has 3 rings (SSSR count). The first-order chi connectivity index (χ1) is 9.06. The van der Waals surface area contributed by atoms with Crippen LogP contribution in [0.5, 0.6) is 0 Å². The highest BCUT2D eigenvalue weighted by molar-refractivity contribution is 6.35. The number of carbonyl (C=O) groups is 1. The Morgan fingerprint density at radius 2 is 2.00 bits per heavy atom. The average molecular weight is 292 g/mol. The Hall–Kier alpha value is -1.78. The van der Waals surface area contributed by atoms with Gasteiger partial charge in [0, 0.05) is 5.22 Å². The SMILES string of the molecule is Cc1ccc2c(c1)=NC(=O)C=2c1nc(Cl)ncc1Cl. The molecule has 0 bridgehead atoms. The summed E-state index contributed by atoms with van der Waals surface area (Å²) in [6, 6.07) is 5.58. The molecule has 0 atom stereocenters. The molecule has 94 valence electrons. The number of carbonyl (C=O) groups excluding carboxylic acids is 1. The number of aryl methyl sites for hydroxylation is 1. The zero-order chi connectivity index (χ0) is 13.6. The second kappa shape index (κ2) is 4.40. The molecule has 6 heteroatoms. The fourth-order valence-corrected chi connectivity index (χ4v) is 2.29. The third kappa shape index (κ3) is 2.03. The minimum Gasteiger partial charge on any atom is -0.267 e. The minimum atomic E-state index is -0.364. The largest absolute Gasteiger partial charge is 0.280 e. The summed E-state index contributed by atoms with van der Waals surface area (Å²) in [6.07, 6.45) is 1.37. The van der Waals surface area contributed by atoms with E-state index in [9.17, 15) is 4.79 Å². The molecule has 0 radical (unpaired) electrons. The summed E-state index contributed by atoms with van der Waals surface area (Å²) in [5, 5.41) is 1.66. The molecule has 19 heavy (non-hydrogen) atoms. The lowest BCUT2D eigenvalue weighted by molar-refractivity contribution is -0.112. The van der Waals surface area contributed by atoms with Gasteiger partial charge in [-0.05, 0) is 30.2 Å². The Balaban J connectivity index is 2.39. The summed E-state index contributed by atoms with van der Waals surface area (Å²) in [6.45, 7) is 1.94. The molecule has 0 unspecified atom stereocenters. The van der Waals surface area contributed by atoms with Gasteiger partial charge in [-0.25, -0.2) is 15.0 Å². The third-order valence-electron chi connectivity index (χ3n) is 2.81. The van der Waals surface area contributed by atoms with Gasteiger partial charge < -0.3 is 0 Å². The van der Waals surface area contributed by atoms with Crippen LogP contribution in [0.4, 0.5) is 0 Å². The molecule has 1 aromatic carbocycles. The Kier molecular flexibility index (Phi) is 2.84. The van der Waals surface area contributed by atoms with Crippen molar-refractivity contribution in [2.75, 3.05) is 0 Å². The van der Waals surface area contributed by atoms with Crippen molar-refractivity contribution in [1.82, 2.24) is 9.97 Å². The van der Waals surface area contributed by atoms with Crippen LogP contribution in [0.25, 0.3) is 5.57 Å². The van der Waals surface area contributed by atoms with E-state index in [-0.39, 0.29) is 16.2 Å². The van der Waals surface area contributed by atoms with E-state index >= 15 is 0 Å². The molecular weight excluding hydrogens is 285 g/mol. The first kappa shape index (κ1) is 12.3. The Labute approximate surface area is 118 Å². The summed E-state index contributed by atoms with van der Waals surface area (Å²) in [5.41, 5.74) is 1.71. The summed E-state index contributed by atoms with van der Waals surface area (Å²) < 4.78 is 0. The topological polar surface area (TPSA) is 55.2 Å². The van der Waals surface area contributed by atoms with Gasteiger partial charge in [-0.1, -0.05) is 23.7 Å². The third-order valence-corrected chi connectivity index (χ3v) is 3.27. The second-order valence-corrected chi connectivity index (χ2v) is 4.89. The quantitative estimate of drug-likeness (QED) is 0.748. The number of nitrogens with zero attached hydrogens (tertiary/aromatic N) is 3. The van der Waals surface area contributed by atoms with Gasteiger partial charge in [0.2, 0.25) is 5.28 Å². The highest BCUT2D eigenvalue weighted by Gasteiger charge is 2.22. The van der Waals surface area contributed by atoms with Crippen LogP contribution in [-0.2, 0) is 4.79 Å². The van der Waals surface area contributed by atoms with E-state index in [1.807, 2.05) is 25.1 Å². The van der Waals surface area contributed by atoms with Crippen molar-refractivity contribution < 1.29 is 4.79 Å². The van der Waals surface area contributed by atoms with Gasteiger partial charge in [0.1, 0.15) is 5.69 Å². The molecule has 1 aromatic heterocycles. The number of halogens is 2. The molecule has 2 heterocycles.